The molecule has 2 aliphatic rings. The van der Waals surface area contributed by atoms with Crippen LogP contribution in [0.1, 0.15) is 6.42 Å². The van der Waals surface area contributed by atoms with E-state index < -0.39 is 33.7 Å². The zero-order valence-corrected chi connectivity index (χ0v) is 14.3. The van der Waals surface area contributed by atoms with Gasteiger partial charge in [-0.3, -0.25) is 0 Å². The number of ether oxygens (including phenoxy) is 1. The summed E-state index contributed by atoms with van der Waals surface area (Å²) in [5.41, 5.74) is 5.59. The molecule has 1 aromatic carbocycles. The minimum atomic E-state index is -3.62. The van der Waals surface area contributed by atoms with Crippen LogP contribution in [0.5, 0.6) is 5.75 Å². The van der Waals surface area contributed by atoms with E-state index in [1.54, 1.807) is 0 Å². The van der Waals surface area contributed by atoms with E-state index in [1.165, 1.54) is 12.1 Å². The maximum Gasteiger partial charge on any atom is 0.264 e. The average molecular weight is 392 g/mol. The number of allylic oxidation sites excluding steroid dienone is 3. The zero-order chi connectivity index (χ0) is 18.4. The lowest BCUT2D eigenvalue weighted by Gasteiger charge is -2.15. The molecule has 1 aliphatic heterocycles. The highest BCUT2D eigenvalue weighted by atomic mass is 35.5. The molecule has 1 aromatic rings. The third-order valence-corrected chi connectivity index (χ3v) is 5.99. The molecule has 0 saturated heterocycles. The van der Waals surface area contributed by atoms with E-state index in [0.717, 1.165) is 18.2 Å². The predicted octanol–water partition coefficient (Wildman–Crippen LogP) is 3.35. The first-order valence-corrected chi connectivity index (χ1v) is 9.25. The van der Waals surface area contributed by atoms with Gasteiger partial charge < -0.3 is 10.5 Å². The Morgan fingerprint density at radius 3 is 2.60 bits per heavy atom. The number of sulfone groups is 1. The van der Waals surface area contributed by atoms with Gasteiger partial charge in [-0.1, -0.05) is 11.6 Å². The number of hydrogen-bond acceptors (Lipinski definition) is 4. The first-order chi connectivity index (χ1) is 11.7. The Morgan fingerprint density at radius 2 is 1.96 bits per heavy atom. The molecule has 9 heteroatoms. The Labute approximate surface area is 147 Å². The minimum Gasteiger partial charge on any atom is -0.457 e. The van der Waals surface area contributed by atoms with Crippen LogP contribution in [0.2, 0.25) is 5.02 Å². The molecule has 1 aliphatic carbocycles. The Morgan fingerprint density at radius 1 is 1.24 bits per heavy atom. The van der Waals surface area contributed by atoms with Crippen LogP contribution in [0.4, 0.5) is 13.2 Å². The standard InChI is InChI=1S/C16H13ClF3NO3S/c17-8-3-9(18)5-10(4-8)24-14-1-2-15-11(6-12(14)16(19)20)13(21)7-25(15,22)23/h1-5,13,16H,6-7,21H2. The lowest BCUT2D eigenvalue weighted by Crippen LogP contribution is -2.25. The fraction of sp³-hybridized carbons (Fsp3) is 0.250. The lowest BCUT2D eigenvalue weighted by molar-refractivity contribution is 0.180. The van der Waals surface area contributed by atoms with Gasteiger partial charge >= 0.3 is 0 Å². The van der Waals surface area contributed by atoms with E-state index in [9.17, 15) is 21.6 Å². The van der Waals surface area contributed by atoms with Gasteiger partial charge in [0, 0.05) is 29.1 Å². The van der Waals surface area contributed by atoms with Crippen LogP contribution in [0.25, 0.3) is 0 Å². The third-order valence-electron chi connectivity index (χ3n) is 3.91. The van der Waals surface area contributed by atoms with Crippen LogP contribution in [0.3, 0.4) is 0 Å². The van der Waals surface area contributed by atoms with Crippen LogP contribution in [-0.4, -0.2) is 26.6 Å². The van der Waals surface area contributed by atoms with Crippen molar-refractivity contribution in [1.29, 1.82) is 0 Å². The van der Waals surface area contributed by atoms with Crippen molar-refractivity contribution in [3.05, 3.63) is 63.0 Å². The Hall–Kier alpha value is -1.77. The molecule has 1 heterocycles. The van der Waals surface area contributed by atoms with Crippen LogP contribution >= 0.6 is 11.6 Å². The lowest BCUT2D eigenvalue weighted by atomic mass is 10.0. The summed E-state index contributed by atoms with van der Waals surface area (Å²) < 4.78 is 70.0. The summed E-state index contributed by atoms with van der Waals surface area (Å²) in [7, 11) is -3.62. The van der Waals surface area contributed by atoms with Gasteiger partial charge in [-0.15, -0.1) is 0 Å². The van der Waals surface area contributed by atoms with Crippen molar-refractivity contribution in [3.8, 4) is 5.75 Å². The molecule has 4 nitrogen and oxygen atoms in total. The maximum absolute atomic E-state index is 13.5. The first kappa shape index (κ1) is 18.0. The van der Waals surface area contributed by atoms with E-state index in [0.29, 0.717) is 0 Å². The van der Waals surface area contributed by atoms with Gasteiger partial charge in [0.05, 0.1) is 10.7 Å². The monoisotopic (exact) mass is 391 g/mol. The molecular weight excluding hydrogens is 379 g/mol. The number of alkyl halides is 2. The van der Waals surface area contributed by atoms with Crippen molar-refractivity contribution in [2.24, 2.45) is 5.73 Å². The SMILES string of the molecule is NC1CS(=O)(=O)C2=C1CC(C(F)F)=C(Oc1cc(F)cc(Cl)c1)C=C2. The van der Waals surface area contributed by atoms with Crippen molar-refractivity contribution in [2.75, 3.05) is 5.75 Å². The molecular formula is C16H13ClF3NO3S. The largest absolute Gasteiger partial charge is 0.457 e. The number of benzene rings is 1. The number of halogens is 4. The Balaban J connectivity index is 2.03. The summed E-state index contributed by atoms with van der Waals surface area (Å²) in [6.45, 7) is 0. The van der Waals surface area contributed by atoms with Gasteiger partial charge in [-0.25, -0.2) is 21.6 Å². The van der Waals surface area contributed by atoms with E-state index >= 15 is 0 Å². The molecule has 1 unspecified atom stereocenters. The van der Waals surface area contributed by atoms with Crippen molar-refractivity contribution < 1.29 is 26.3 Å². The summed E-state index contributed by atoms with van der Waals surface area (Å²) in [5, 5.41) is 0.0389. The normalized spacial score (nSPS) is 22.4. The smallest absolute Gasteiger partial charge is 0.264 e. The predicted molar refractivity (Wildman–Crippen MR) is 87.6 cm³/mol. The molecule has 0 bridgehead atoms. The molecule has 3 rings (SSSR count). The van der Waals surface area contributed by atoms with Crippen molar-refractivity contribution in [2.45, 2.75) is 18.9 Å². The van der Waals surface area contributed by atoms with Crippen molar-refractivity contribution in [3.63, 3.8) is 0 Å². The highest BCUT2D eigenvalue weighted by molar-refractivity contribution is 7.95. The number of hydrogen-bond donors (Lipinski definition) is 1. The molecule has 1 atom stereocenters. The summed E-state index contributed by atoms with van der Waals surface area (Å²) in [6, 6.07) is 2.45. The summed E-state index contributed by atoms with van der Waals surface area (Å²) in [5.74, 6) is -1.33. The van der Waals surface area contributed by atoms with Crippen molar-refractivity contribution >= 4 is 21.4 Å². The second-order valence-electron chi connectivity index (χ2n) is 5.68. The van der Waals surface area contributed by atoms with E-state index in [4.69, 9.17) is 22.1 Å². The number of rotatable bonds is 3. The van der Waals surface area contributed by atoms with Gasteiger partial charge in [-0.2, -0.15) is 0 Å². The van der Waals surface area contributed by atoms with Gasteiger partial charge in [0.25, 0.3) is 6.43 Å². The maximum atomic E-state index is 13.5. The van der Waals surface area contributed by atoms with E-state index in [1.807, 2.05) is 0 Å². The summed E-state index contributed by atoms with van der Waals surface area (Å²) in [6.07, 6.45) is -0.897. The molecule has 0 spiro atoms. The fourth-order valence-electron chi connectivity index (χ4n) is 2.79. The van der Waals surface area contributed by atoms with Gasteiger partial charge in [0.15, 0.2) is 9.84 Å². The van der Waals surface area contributed by atoms with Crippen LogP contribution in [-0.2, 0) is 9.84 Å². The highest BCUT2D eigenvalue weighted by Crippen LogP contribution is 2.37. The van der Waals surface area contributed by atoms with Crippen LogP contribution in [0.15, 0.2) is 52.2 Å². The van der Waals surface area contributed by atoms with E-state index in [2.05, 4.69) is 0 Å². The van der Waals surface area contributed by atoms with E-state index in [-0.39, 0.29) is 39.2 Å². The Bertz CT molecular complexity index is 902. The molecule has 2 N–H and O–H groups in total. The summed E-state index contributed by atoms with van der Waals surface area (Å²) in [4.78, 5) is -0.0611. The highest BCUT2D eigenvalue weighted by Gasteiger charge is 2.37. The second kappa shape index (κ2) is 6.51. The first-order valence-electron chi connectivity index (χ1n) is 7.22. The van der Waals surface area contributed by atoms with Gasteiger partial charge in [-0.05, 0) is 29.9 Å². The van der Waals surface area contributed by atoms with Crippen LogP contribution < -0.4 is 10.5 Å². The molecule has 0 amide bonds. The van der Waals surface area contributed by atoms with Gasteiger partial charge in [0.1, 0.15) is 17.3 Å². The molecule has 25 heavy (non-hydrogen) atoms. The fourth-order valence-corrected chi connectivity index (χ4v) is 4.75. The average Bonchev–Trinajstić information content (AvgIpc) is 2.60. The molecule has 0 fully saturated rings. The minimum absolute atomic E-state index is 0.0389. The van der Waals surface area contributed by atoms with Crippen molar-refractivity contribution in [1.82, 2.24) is 0 Å². The molecule has 0 aromatic heterocycles. The summed E-state index contributed by atoms with van der Waals surface area (Å²) >= 11 is 5.73. The number of nitrogens with two attached hydrogens (primary N) is 1. The molecule has 0 radical (unpaired) electrons. The quantitative estimate of drug-likeness (QED) is 0.858. The second-order valence-corrected chi connectivity index (χ2v) is 8.12. The molecule has 134 valence electrons. The third kappa shape index (κ3) is 3.61. The van der Waals surface area contributed by atoms with Gasteiger partial charge in [0.2, 0.25) is 0 Å². The Kier molecular flexibility index (Phi) is 4.70. The zero-order valence-electron chi connectivity index (χ0n) is 12.7. The molecule has 0 saturated carbocycles. The topological polar surface area (TPSA) is 69.4 Å². The van der Waals surface area contributed by atoms with Crippen LogP contribution in [0, 0.1) is 5.82 Å².